The van der Waals surface area contributed by atoms with Gasteiger partial charge in [0.15, 0.2) is 0 Å². The molecule has 1 amide bonds. The average molecular weight is 211 g/mol. The molecule has 0 aromatic rings. The second-order valence-electron chi connectivity index (χ2n) is 4.62. The van der Waals surface area contributed by atoms with Crippen molar-refractivity contribution in [1.29, 1.82) is 0 Å². The van der Waals surface area contributed by atoms with E-state index in [1.807, 2.05) is 0 Å². The first-order valence-electron chi connectivity index (χ1n) is 5.71. The van der Waals surface area contributed by atoms with Crippen LogP contribution in [0.2, 0.25) is 0 Å². The second kappa shape index (κ2) is 4.21. The zero-order valence-electron chi connectivity index (χ0n) is 8.74. The Bertz CT molecular complexity index is 271. The van der Waals surface area contributed by atoms with E-state index in [0.717, 1.165) is 19.3 Å². The van der Waals surface area contributed by atoms with Crippen LogP contribution in [0.1, 0.15) is 38.5 Å². The summed E-state index contributed by atoms with van der Waals surface area (Å²) < 4.78 is 0. The minimum Gasteiger partial charge on any atom is -0.481 e. The summed E-state index contributed by atoms with van der Waals surface area (Å²) >= 11 is 0. The molecule has 2 aliphatic rings. The van der Waals surface area contributed by atoms with Gasteiger partial charge in [0, 0.05) is 6.04 Å². The summed E-state index contributed by atoms with van der Waals surface area (Å²) in [4.78, 5) is 22.5. The largest absolute Gasteiger partial charge is 0.481 e. The topological polar surface area (TPSA) is 66.4 Å². The number of amides is 1. The van der Waals surface area contributed by atoms with Gasteiger partial charge in [0.25, 0.3) is 0 Å². The lowest BCUT2D eigenvalue weighted by Gasteiger charge is -2.32. The number of carbonyl (C=O) groups is 2. The smallest absolute Gasteiger partial charge is 0.307 e. The first kappa shape index (κ1) is 10.5. The highest BCUT2D eigenvalue weighted by Gasteiger charge is 2.41. The molecule has 0 aromatic carbocycles. The van der Waals surface area contributed by atoms with Crippen molar-refractivity contribution in [1.82, 2.24) is 5.32 Å². The van der Waals surface area contributed by atoms with Gasteiger partial charge >= 0.3 is 5.97 Å². The molecule has 0 radical (unpaired) electrons. The molecule has 4 nitrogen and oxygen atoms in total. The fraction of sp³-hybridized carbons (Fsp3) is 0.818. The van der Waals surface area contributed by atoms with Gasteiger partial charge < -0.3 is 10.4 Å². The number of carboxylic acids is 1. The average Bonchev–Trinajstić information content (AvgIpc) is 2.52. The van der Waals surface area contributed by atoms with Crippen molar-refractivity contribution in [3.8, 4) is 0 Å². The first-order valence-corrected chi connectivity index (χ1v) is 5.71. The summed E-state index contributed by atoms with van der Waals surface area (Å²) in [6, 6.07) is 0.299. The van der Waals surface area contributed by atoms with Crippen molar-refractivity contribution in [2.24, 2.45) is 11.8 Å². The third kappa shape index (κ3) is 2.13. The van der Waals surface area contributed by atoms with E-state index >= 15 is 0 Å². The van der Waals surface area contributed by atoms with Crippen molar-refractivity contribution in [3.63, 3.8) is 0 Å². The molecule has 2 fully saturated rings. The summed E-state index contributed by atoms with van der Waals surface area (Å²) in [5, 5.41) is 11.8. The van der Waals surface area contributed by atoms with E-state index in [-0.39, 0.29) is 11.8 Å². The quantitative estimate of drug-likeness (QED) is 0.736. The molecule has 0 aromatic heterocycles. The van der Waals surface area contributed by atoms with Crippen molar-refractivity contribution in [2.45, 2.75) is 44.6 Å². The van der Waals surface area contributed by atoms with Gasteiger partial charge in [-0.2, -0.15) is 0 Å². The van der Waals surface area contributed by atoms with Gasteiger partial charge in [-0.3, -0.25) is 9.59 Å². The van der Waals surface area contributed by atoms with Gasteiger partial charge in [-0.25, -0.2) is 0 Å². The predicted octanol–water partition coefficient (Wildman–Crippen LogP) is 1.16. The zero-order chi connectivity index (χ0) is 10.8. The van der Waals surface area contributed by atoms with Gasteiger partial charge in [0.1, 0.15) is 0 Å². The van der Waals surface area contributed by atoms with Gasteiger partial charge in [0.2, 0.25) is 5.91 Å². The maximum absolute atomic E-state index is 11.7. The van der Waals surface area contributed by atoms with E-state index in [0.29, 0.717) is 12.5 Å². The van der Waals surface area contributed by atoms with Gasteiger partial charge in [-0.15, -0.1) is 0 Å². The molecule has 0 heterocycles. The van der Waals surface area contributed by atoms with Crippen molar-refractivity contribution in [3.05, 3.63) is 0 Å². The molecule has 4 heteroatoms. The number of carboxylic acid groups (broad SMARTS) is 1. The van der Waals surface area contributed by atoms with E-state index in [1.165, 1.54) is 12.8 Å². The highest BCUT2D eigenvalue weighted by molar-refractivity contribution is 5.86. The number of nitrogens with one attached hydrogen (secondary N) is 1. The van der Waals surface area contributed by atoms with Crippen LogP contribution in [0.25, 0.3) is 0 Å². The van der Waals surface area contributed by atoms with Crippen LogP contribution in [-0.4, -0.2) is 23.0 Å². The summed E-state index contributed by atoms with van der Waals surface area (Å²) in [6.45, 7) is 0. The molecule has 0 aliphatic heterocycles. The Morgan fingerprint density at radius 3 is 2.07 bits per heavy atom. The third-order valence-electron chi connectivity index (χ3n) is 3.63. The first-order chi connectivity index (χ1) is 7.18. The molecule has 2 unspecified atom stereocenters. The number of aliphatic carboxylic acids is 1. The van der Waals surface area contributed by atoms with Gasteiger partial charge in [0.05, 0.1) is 11.8 Å². The maximum atomic E-state index is 11.7. The maximum Gasteiger partial charge on any atom is 0.307 e. The van der Waals surface area contributed by atoms with Crippen LogP contribution < -0.4 is 5.32 Å². The molecule has 15 heavy (non-hydrogen) atoms. The van der Waals surface area contributed by atoms with Crippen molar-refractivity contribution >= 4 is 11.9 Å². The molecule has 0 saturated heterocycles. The zero-order valence-corrected chi connectivity index (χ0v) is 8.74. The molecule has 2 saturated carbocycles. The summed E-state index contributed by atoms with van der Waals surface area (Å²) in [5.74, 6) is -1.58. The minimum absolute atomic E-state index is 0.0412. The number of carbonyl (C=O) groups excluding carboxylic acids is 1. The lowest BCUT2D eigenvalue weighted by molar-refractivity contribution is -0.152. The monoisotopic (exact) mass is 211 g/mol. The molecule has 2 rings (SSSR count). The highest BCUT2D eigenvalue weighted by atomic mass is 16.4. The molecular formula is C11H17NO3. The fourth-order valence-corrected chi connectivity index (χ4v) is 2.49. The molecule has 0 bridgehead atoms. The van der Waals surface area contributed by atoms with Crippen LogP contribution in [0, 0.1) is 11.8 Å². The van der Waals surface area contributed by atoms with Crippen LogP contribution in [-0.2, 0) is 9.59 Å². The van der Waals surface area contributed by atoms with Gasteiger partial charge in [-0.05, 0) is 25.7 Å². The molecule has 2 atom stereocenters. The number of hydrogen-bond acceptors (Lipinski definition) is 2. The minimum atomic E-state index is -0.826. The Balaban J connectivity index is 1.82. The molecule has 0 spiro atoms. The molecule has 84 valence electrons. The van der Waals surface area contributed by atoms with Crippen LogP contribution in [0.5, 0.6) is 0 Å². The number of rotatable bonds is 3. The lowest BCUT2D eigenvalue weighted by atomic mass is 9.73. The Kier molecular flexibility index (Phi) is 2.93. The second-order valence-corrected chi connectivity index (χ2v) is 4.62. The Hall–Kier alpha value is -1.06. The standard InChI is InChI=1S/C11H17NO3/c13-10(12-7-3-1-2-4-7)8-5-6-9(8)11(14)15/h7-9H,1-6H2,(H,12,13)(H,14,15). The van der Waals surface area contributed by atoms with Crippen molar-refractivity contribution in [2.75, 3.05) is 0 Å². The van der Waals surface area contributed by atoms with Crippen LogP contribution in [0.4, 0.5) is 0 Å². The molecule has 2 N–H and O–H groups in total. The van der Waals surface area contributed by atoms with Crippen LogP contribution in [0.3, 0.4) is 0 Å². The van der Waals surface area contributed by atoms with E-state index in [1.54, 1.807) is 0 Å². The molecular weight excluding hydrogens is 194 g/mol. The third-order valence-corrected chi connectivity index (χ3v) is 3.63. The normalized spacial score (nSPS) is 30.9. The van der Waals surface area contributed by atoms with Crippen LogP contribution >= 0.6 is 0 Å². The van der Waals surface area contributed by atoms with Crippen molar-refractivity contribution < 1.29 is 14.7 Å². The SMILES string of the molecule is O=C(O)C1CCC1C(=O)NC1CCCC1. The fourth-order valence-electron chi connectivity index (χ4n) is 2.49. The highest BCUT2D eigenvalue weighted by Crippen LogP contribution is 2.35. The Morgan fingerprint density at radius 2 is 1.60 bits per heavy atom. The lowest BCUT2D eigenvalue weighted by Crippen LogP contribution is -2.46. The number of hydrogen-bond donors (Lipinski definition) is 2. The van der Waals surface area contributed by atoms with Crippen LogP contribution in [0.15, 0.2) is 0 Å². The van der Waals surface area contributed by atoms with E-state index in [4.69, 9.17) is 5.11 Å². The van der Waals surface area contributed by atoms with E-state index < -0.39 is 11.9 Å². The Labute approximate surface area is 89.0 Å². The molecule has 2 aliphatic carbocycles. The Morgan fingerprint density at radius 1 is 1.00 bits per heavy atom. The summed E-state index contributed by atoms with van der Waals surface area (Å²) in [7, 11) is 0. The predicted molar refractivity (Wildman–Crippen MR) is 54.2 cm³/mol. The van der Waals surface area contributed by atoms with E-state index in [9.17, 15) is 9.59 Å². The summed E-state index contributed by atoms with van der Waals surface area (Å²) in [6.07, 6.45) is 5.84. The van der Waals surface area contributed by atoms with E-state index in [2.05, 4.69) is 5.32 Å². The van der Waals surface area contributed by atoms with Gasteiger partial charge in [-0.1, -0.05) is 12.8 Å². The summed E-state index contributed by atoms with van der Waals surface area (Å²) in [5.41, 5.74) is 0.